The summed E-state index contributed by atoms with van der Waals surface area (Å²) < 4.78 is 5.48. The number of benzene rings is 1. The highest BCUT2D eigenvalue weighted by atomic mass is 32.2. The number of hydrogen-bond acceptors (Lipinski definition) is 4. The van der Waals surface area contributed by atoms with Crippen LogP contribution in [0.2, 0.25) is 0 Å². The zero-order valence-electron chi connectivity index (χ0n) is 13.0. The van der Waals surface area contributed by atoms with Crippen molar-refractivity contribution in [1.82, 2.24) is 0 Å². The van der Waals surface area contributed by atoms with E-state index < -0.39 is 5.97 Å². The lowest BCUT2D eigenvalue weighted by Gasteiger charge is -2.13. The van der Waals surface area contributed by atoms with Crippen LogP contribution in [0.4, 0.5) is 5.69 Å². The van der Waals surface area contributed by atoms with Crippen LogP contribution in [-0.2, 0) is 4.74 Å². The van der Waals surface area contributed by atoms with Gasteiger partial charge in [0, 0.05) is 23.7 Å². The summed E-state index contributed by atoms with van der Waals surface area (Å²) >= 11 is 1.55. The topological polar surface area (TPSA) is 58.6 Å². The molecule has 1 aromatic carbocycles. The molecule has 0 atom stereocenters. The number of thioether (sulfide) groups is 1. The Bertz CT molecular complexity index is 449. The van der Waals surface area contributed by atoms with Crippen LogP contribution < -0.4 is 5.32 Å². The fraction of sp³-hybridized carbons (Fsp3) is 0.562. The smallest absolute Gasteiger partial charge is 0.338 e. The molecule has 21 heavy (non-hydrogen) atoms. The van der Waals surface area contributed by atoms with E-state index in [1.54, 1.807) is 11.8 Å². The second kappa shape index (κ2) is 9.68. The summed E-state index contributed by atoms with van der Waals surface area (Å²) in [6.45, 7) is 7.56. The minimum absolute atomic E-state index is 0.263. The standard InChI is InChI=1S/C16H25NO3S/c1-4-21-14-9-7-8-13(15(14)16(18)19)17-10-5-6-11-20-12(2)3/h7-9,12,17H,4-6,10-11H2,1-3H3,(H,18,19). The van der Waals surface area contributed by atoms with E-state index in [2.05, 4.69) is 5.32 Å². The normalized spacial score (nSPS) is 10.9. The number of rotatable bonds is 10. The second-order valence-corrected chi connectivity index (χ2v) is 6.28. The monoisotopic (exact) mass is 311 g/mol. The largest absolute Gasteiger partial charge is 0.478 e. The number of ether oxygens (including phenoxy) is 1. The number of carboxylic acids is 1. The highest BCUT2D eigenvalue weighted by Gasteiger charge is 2.15. The molecule has 0 radical (unpaired) electrons. The van der Waals surface area contributed by atoms with Crippen molar-refractivity contribution in [3.05, 3.63) is 23.8 Å². The van der Waals surface area contributed by atoms with Gasteiger partial charge in [-0.2, -0.15) is 0 Å². The van der Waals surface area contributed by atoms with Gasteiger partial charge in [-0.25, -0.2) is 4.79 Å². The molecule has 0 aliphatic carbocycles. The van der Waals surface area contributed by atoms with Gasteiger partial charge in [-0.1, -0.05) is 13.0 Å². The average Bonchev–Trinajstić information content (AvgIpc) is 2.42. The Morgan fingerprint density at radius 1 is 1.38 bits per heavy atom. The molecule has 0 saturated carbocycles. The zero-order chi connectivity index (χ0) is 15.7. The minimum atomic E-state index is -0.878. The summed E-state index contributed by atoms with van der Waals surface area (Å²) in [5.74, 6) is -0.0202. The molecule has 118 valence electrons. The third-order valence-corrected chi connectivity index (χ3v) is 3.82. The number of carboxylic acid groups (broad SMARTS) is 1. The van der Waals surface area contributed by atoms with Crippen LogP contribution in [0, 0.1) is 0 Å². The molecular formula is C16H25NO3S. The van der Waals surface area contributed by atoms with E-state index in [0.717, 1.165) is 36.6 Å². The zero-order valence-corrected chi connectivity index (χ0v) is 13.8. The van der Waals surface area contributed by atoms with Crippen molar-refractivity contribution < 1.29 is 14.6 Å². The first-order chi connectivity index (χ1) is 10.1. The lowest BCUT2D eigenvalue weighted by molar-refractivity contribution is 0.0693. The molecule has 1 rings (SSSR count). The summed E-state index contributed by atoms with van der Waals surface area (Å²) in [4.78, 5) is 12.3. The number of carbonyl (C=O) groups is 1. The second-order valence-electron chi connectivity index (χ2n) is 4.97. The van der Waals surface area contributed by atoms with Crippen LogP contribution in [0.25, 0.3) is 0 Å². The molecule has 0 unspecified atom stereocenters. The van der Waals surface area contributed by atoms with Crippen LogP contribution in [0.1, 0.15) is 44.0 Å². The van der Waals surface area contributed by atoms with Crippen molar-refractivity contribution in [2.24, 2.45) is 0 Å². The van der Waals surface area contributed by atoms with E-state index in [1.165, 1.54) is 0 Å². The molecule has 2 N–H and O–H groups in total. The van der Waals surface area contributed by atoms with Gasteiger partial charge in [0.2, 0.25) is 0 Å². The first kappa shape index (κ1) is 17.9. The van der Waals surface area contributed by atoms with Crippen molar-refractivity contribution in [1.29, 1.82) is 0 Å². The number of aromatic carboxylic acids is 1. The van der Waals surface area contributed by atoms with Crippen molar-refractivity contribution in [3.8, 4) is 0 Å². The maximum atomic E-state index is 11.5. The van der Waals surface area contributed by atoms with Gasteiger partial charge in [-0.15, -0.1) is 11.8 Å². The van der Waals surface area contributed by atoms with Crippen LogP contribution in [-0.4, -0.2) is 36.1 Å². The van der Waals surface area contributed by atoms with Gasteiger partial charge in [0.25, 0.3) is 0 Å². The van der Waals surface area contributed by atoms with Crippen molar-refractivity contribution >= 4 is 23.4 Å². The highest BCUT2D eigenvalue weighted by Crippen LogP contribution is 2.28. The fourth-order valence-electron chi connectivity index (χ4n) is 1.94. The van der Waals surface area contributed by atoms with Crippen molar-refractivity contribution in [2.75, 3.05) is 24.2 Å². The molecule has 0 amide bonds. The Morgan fingerprint density at radius 3 is 2.76 bits per heavy atom. The van der Waals surface area contributed by atoms with Crippen LogP contribution in [0.15, 0.2) is 23.1 Å². The number of unbranched alkanes of at least 4 members (excludes halogenated alkanes) is 1. The summed E-state index contributed by atoms with van der Waals surface area (Å²) in [6.07, 6.45) is 2.19. The van der Waals surface area contributed by atoms with Crippen molar-refractivity contribution in [2.45, 2.75) is 44.6 Å². The Labute approximate surface area is 131 Å². The Balaban J connectivity index is 2.54. The Kier molecular flexibility index (Phi) is 8.23. The van der Waals surface area contributed by atoms with E-state index in [1.807, 2.05) is 39.0 Å². The first-order valence-corrected chi connectivity index (χ1v) is 8.39. The molecular weight excluding hydrogens is 286 g/mol. The van der Waals surface area contributed by atoms with E-state index in [-0.39, 0.29) is 6.10 Å². The first-order valence-electron chi connectivity index (χ1n) is 7.40. The lowest BCUT2D eigenvalue weighted by atomic mass is 10.1. The van der Waals surface area contributed by atoms with Crippen LogP contribution >= 0.6 is 11.8 Å². The van der Waals surface area contributed by atoms with E-state index in [4.69, 9.17) is 4.74 Å². The quantitative estimate of drug-likeness (QED) is 0.503. The van der Waals surface area contributed by atoms with E-state index in [9.17, 15) is 9.90 Å². The van der Waals surface area contributed by atoms with Gasteiger partial charge in [-0.05, 0) is 44.6 Å². The SMILES string of the molecule is CCSc1cccc(NCCCCOC(C)C)c1C(=O)O. The molecule has 0 aliphatic heterocycles. The van der Waals surface area contributed by atoms with Crippen molar-refractivity contribution in [3.63, 3.8) is 0 Å². The van der Waals surface area contributed by atoms with Crippen LogP contribution in [0.5, 0.6) is 0 Å². The highest BCUT2D eigenvalue weighted by molar-refractivity contribution is 7.99. The summed E-state index contributed by atoms with van der Waals surface area (Å²) in [7, 11) is 0. The predicted molar refractivity (Wildman–Crippen MR) is 88.6 cm³/mol. The van der Waals surface area contributed by atoms with Gasteiger partial charge in [0.1, 0.15) is 0 Å². The fourth-order valence-corrected chi connectivity index (χ4v) is 2.77. The predicted octanol–water partition coefficient (Wildman–Crippen LogP) is 4.11. The Morgan fingerprint density at radius 2 is 2.14 bits per heavy atom. The molecule has 4 nitrogen and oxygen atoms in total. The van der Waals surface area contributed by atoms with Gasteiger partial charge in [0.05, 0.1) is 11.7 Å². The molecule has 0 fully saturated rings. The number of hydrogen-bond donors (Lipinski definition) is 2. The third-order valence-electron chi connectivity index (χ3n) is 2.88. The summed E-state index contributed by atoms with van der Waals surface area (Å²) in [5.41, 5.74) is 1.08. The number of anilines is 1. The summed E-state index contributed by atoms with van der Waals surface area (Å²) in [6, 6.07) is 5.59. The van der Waals surface area contributed by atoms with Gasteiger partial charge in [-0.3, -0.25) is 0 Å². The molecule has 0 aliphatic rings. The molecule has 0 heterocycles. The van der Waals surface area contributed by atoms with Gasteiger partial charge >= 0.3 is 5.97 Å². The minimum Gasteiger partial charge on any atom is -0.478 e. The average molecular weight is 311 g/mol. The molecule has 0 spiro atoms. The molecule has 0 aromatic heterocycles. The van der Waals surface area contributed by atoms with Crippen LogP contribution in [0.3, 0.4) is 0 Å². The van der Waals surface area contributed by atoms with E-state index >= 15 is 0 Å². The number of nitrogens with one attached hydrogen (secondary N) is 1. The molecule has 0 saturated heterocycles. The maximum Gasteiger partial charge on any atom is 0.338 e. The molecule has 1 aromatic rings. The van der Waals surface area contributed by atoms with Gasteiger partial charge in [0.15, 0.2) is 0 Å². The maximum absolute atomic E-state index is 11.5. The lowest BCUT2D eigenvalue weighted by Crippen LogP contribution is -2.10. The molecule has 5 heteroatoms. The molecule has 0 bridgehead atoms. The summed E-state index contributed by atoms with van der Waals surface area (Å²) in [5, 5.41) is 12.6. The van der Waals surface area contributed by atoms with Gasteiger partial charge < -0.3 is 15.2 Å². The van der Waals surface area contributed by atoms with E-state index in [0.29, 0.717) is 11.3 Å². The Hall–Kier alpha value is -1.20. The third kappa shape index (κ3) is 6.40.